The summed E-state index contributed by atoms with van der Waals surface area (Å²) in [5, 5.41) is 2.12. The molecule has 0 atom stereocenters. The summed E-state index contributed by atoms with van der Waals surface area (Å²) < 4.78 is 8.89. The van der Waals surface area contributed by atoms with Crippen LogP contribution in [0.25, 0.3) is 49.2 Å². The van der Waals surface area contributed by atoms with Gasteiger partial charge in [-0.2, -0.15) is 0 Å². The topological polar surface area (TPSA) is 21.4 Å². The molecule has 3 nitrogen and oxygen atoms in total. The fourth-order valence-electron chi connectivity index (χ4n) is 4.93. The van der Waals surface area contributed by atoms with Crippen LogP contribution in [0, 0.1) is 27.3 Å². The van der Waals surface area contributed by atoms with E-state index in [0.29, 0.717) is 11.6 Å². The standard InChI is InChI=1S/C31H29N2O/c1-18(2)22-9-11-23(12-10-22)28-26(32-6)15-14-25-24-13-8-20(4)27(30(24)34-31(25)28)29-21(5)19(3)16-17-33(29)7/h8-18H,1-5,7H3/q+1. The number of rotatable bonds is 3. The lowest BCUT2D eigenvalue weighted by atomic mass is 9.95. The average Bonchev–Trinajstić information content (AvgIpc) is 3.21. The van der Waals surface area contributed by atoms with Crippen LogP contribution in [0.3, 0.4) is 0 Å². The predicted octanol–water partition coefficient (Wildman–Crippen LogP) is 8.34. The number of furan rings is 1. The SMILES string of the molecule is [C-]#[N+]c1ccc2c(oc3c(-c4c(C)c(C)cc[n+]4C)c(C)ccc32)c1-c1ccc(C(C)C)cc1. The molecule has 0 radical (unpaired) electrons. The lowest BCUT2D eigenvalue weighted by molar-refractivity contribution is -0.660. The average molecular weight is 446 g/mol. The van der Waals surface area contributed by atoms with Crippen molar-refractivity contribution in [3.05, 3.63) is 94.5 Å². The van der Waals surface area contributed by atoms with E-state index in [-0.39, 0.29) is 0 Å². The Hall–Kier alpha value is -3.90. The molecule has 0 aliphatic carbocycles. The summed E-state index contributed by atoms with van der Waals surface area (Å²) in [4.78, 5) is 3.85. The first-order chi connectivity index (χ1) is 16.3. The second kappa shape index (κ2) is 8.15. The molecule has 0 N–H and O–H groups in total. The minimum absolute atomic E-state index is 0.459. The molecular formula is C31H29N2O+. The van der Waals surface area contributed by atoms with E-state index in [2.05, 4.69) is 99.7 Å². The van der Waals surface area contributed by atoms with Gasteiger partial charge in [0.15, 0.2) is 11.9 Å². The molecule has 168 valence electrons. The molecule has 0 unspecified atom stereocenters. The molecular weight excluding hydrogens is 416 g/mol. The minimum Gasteiger partial charge on any atom is -0.456 e. The number of pyridine rings is 1. The molecule has 0 aliphatic rings. The molecule has 2 aromatic heterocycles. The van der Waals surface area contributed by atoms with Crippen LogP contribution >= 0.6 is 0 Å². The van der Waals surface area contributed by atoms with E-state index >= 15 is 0 Å². The summed E-state index contributed by atoms with van der Waals surface area (Å²) in [6, 6.07) is 19.0. The van der Waals surface area contributed by atoms with Crippen molar-refractivity contribution in [2.45, 2.75) is 40.5 Å². The number of hydrogen-bond acceptors (Lipinski definition) is 1. The molecule has 5 aromatic rings. The molecule has 3 heteroatoms. The van der Waals surface area contributed by atoms with E-state index in [1.165, 1.54) is 22.3 Å². The molecule has 0 spiro atoms. The molecule has 2 heterocycles. The van der Waals surface area contributed by atoms with Crippen LogP contribution in [-0.4, -0.2) is 0 Å². The smallest absolute Gasteiger partial charge is 0.219 e. The van der Waals surface area contributed by atoms with Crippen LogP contribution in [0.4, 0.5) is 5.69 Å². The fourth-order valence-corrected chi connectivity index (χ4v) is 4.93. The Bertz CT molecular complexity index is 1610. The first kappa shape index (κ1) is 21.9. The molecule has 0 fully saturated rings. The van der Waals surface area contributed by atoms with Crippen molar-refractivity contribution in [1.29, 1.82) is 0 Å². The Morgan fingerprint density at radius 2 is 1.44 bits per heavy atom. The maximum atomic E-state index is 7.82. The third kappa shape index (κ3) is 3.30. The zero-order valence-electron chi connectivity index (χ0n) is 20.7. The van der Waals surface area contributed by atoms with Crippen molar-refractivity contribution in [2.75, 3.05) is 0 Å². The Morgan fingerprint density at radius 1 is 0.794 bits per heavy atom. The summed E-state index contributed by atoms with van der Waals surface area (Å²) in [7, 11) is 2.08. The number of aryl methyl sites for hydroxylation is 3. The highest BCUT2D eigenvalue weighted by Crippen LogP contribution is 2.44. The highest BCUT2D eigenvalue weighted by atomic mass is 16.3. The number of nitrogens with zero attached hydrogens (tertiary/aromatic N) is 2. The van der Waals surface area contributed by atoms with Crippen molar-refractivity contribution in [3.63, 3.8) is 0 Å². The summed E-state index contributed by atoms with van der Waals surface area (Å²) in [6.07, 6.45) is 2.11. The van der Waals surface area contributed by atoms with Crippen molar-refractivity contribution in [3.8, 4) is 22.4 Å². The fraction of sp³-hybridized carbons (Fsp3) is 0.226. The normalized spacial score (nSPS) is 11.5. The minimum atomic E-state index is 0.459. The Labute approximate surface area is 201 Å². The van der Waals surface area contributed by atoms with E-state index in [9.17, 15) is 0 Å². The van der Waals surface area contributed by atoms with Crippen LogP contribution in [0.1, 0.15) is 42.0 Å². The van der Waals surface area contributed by atoms with Crippen LogP contribution in [-0.2, 0) is 7.05 Å². The second-order valence-electron chi connectivity index (χ2n) is 9.54. The number of fused-ring (bicyclic) bond motifs is 3. The van der Waals surface area contributed by atoms with Crippen molar-refractivity contribution in [1.82, 2.24) is 0 Å². The van der Waals surface area contributed by atoms with Crippen LogP contribution in [0.15, 0.2) is 65.2 Å². The highest BCUT2D eigenvalue weighted by Gasteiger charge is 2.25. The van der Waals surface area contributed by atoms with Gasteiger partial charge in [-0.3, -0.25) is 0 Å². The number of aromatic nitrogens is 1. The second-order valence-corrected chi connectivity index (χ2v) is 9.54. The first-order valence-corrected chi connectivity index (χ1v) is 11.7. The maximum Gasteiger partial charge on any atom is 0.219 e. The van der Waals surface area contributed by atoms with Gasteiger partial charge < -0.3 is 4.42 Å². The van der Waals surface area contributed by atoms with Crippen molar-refractivity contribution < 1.29 is 8.98 Å². The van der Waals surface area contributed by atoms with Gasteiger partial charge >= 0.3 is 0 Å². The van der Waals surface area contributed by atoms with E-state index in [4.69, 9.17) is 11.0 Å². The monoisotopic (exact) mass is 445 g/mol. The predicted molar refractivity (Wildman–Crippen MR) is 140 cm³/mol. The number of benzene rings is 3. The number of hydrogen-bond donors (Lipinski definition) is 0. The van der Waals surface area contributed by atoms with Gasteiger partial charge in [-0.25, -0.2) is 9.41 Å². The molecule has 0 saturated heterocycles. The third-order valence-corrected chi connectivity index (χ3v) is 7.07. The quantitative estimate of drug-likeness (QED) is 0.202. The van der Waals surface area contributed by atoms with Gasteiger partial charge in [0.05, 0.1) is 12.1 Å². The Balaban J connectivity index is 1.88. The summed E-state index contributed by atoms with van der Waals surface area (Å²) in [5.41, 5.74) is 11.4. The lowest BCUT2D eigenvalue weighted by Gasteiger charge is -2.10. The summed E-state index contributed by atoms with van der Waals surface area (Å²) in [6.45, 7) is 18.7. The van der Waals surface area contributed by atoms with E-state index in [1.807, 2.05) is 12.1 Å². The zero-order chi connectivity index (χ0) is 24.1. The van der Waals surface area contributed by atoms with E-state index in [1.54, 1.807) is 0 Å². The molecule has 0 amide bonds. The van der Waals surface area contributed by atoms with Crippen LogP contribution in [0.2, 0.25) is 0 Å². The van der Waals surface area contributed by atoms with E-state index in [0.717, 1.165) is 44.3 Å². The lowest BCUT2D eigenvalue weighted by Crippen LogP contribution is -2.32. The van der Waals surface area contributed by atoms with Gasteiger partial charge in [-0.1, -0.05) is 62.4 Å². The van der Waals surface area contributed by atoms with Gasteiger partial charge in [0, 0.05) is 28.0 Å². The molecule has 0 aliphatic heterocycles. The molecule has 3 aromatic carbocycles. The van der Waals surface area contributed by atoms with E-state index < -0.39 is 0 Å². The van der Waals surface area contributed by atoms with Crippen LogP contribution < -0.4 is 4.57 Å². The van der Waals surface area contributed by atoms with Crippen molar-refractivity contribution in [2.24, 2.45) is 7.05 Å². The van der Waals surface area contributed by atoms with Gasteiger partial charge in [-0.05, 0) is 48.9 Å². The third-order valence-electron chi connectivity index (χ3n) is 7.07. The van der Waals surface area contributed by atoms with Crippen molar-refractivity contribution >= 4 is 27.6 Å². The van der Waals surface area contributed by atoms with Gasteiger partial charge in [0.25, 0.3) is 0 Å². The van der Waals surface area contributed by atoms with Gasteiger partial charge in [0.1, 0.15) is 18.2 Å². The highest BCUT2D eigenvalue weighted by molar-refractivity contribution is 6.15. The van der Waals surface area contributed by atoms with Crippen LogP contribution in [0.5, 0.6) is 0 Å². The maximum absolute atomic E-state index is 7.82. The Morgan fingerprint density at radius 3 is 2.09 bits per heavy atom. The summed E-state index contributed by atoms with van der Waals surface area (Å²) >= 11 is 0. The van der Waals surface area contributed by atoms with Gasteiger partial charge in [0.2, 0.25) is 5.69 Å². The zero-order valence-corrected chi connectivity index (χ0v) is 20.7. The summed E-state index contributed by atoms with van der Waals surface area (Å²) in [5.74, 6) is 0.459. The first-order valence-electron chi connectivity index (χ1n) is 11.7. The molecule has 34 heavy (non-hydrogen) atoms. The molecule has 0 saturated carbocycles. The molecule has 5 rings (SSSR count). The van der Waals surface area contributed by atoms with Gasteiger partial charge in [-0.15, -0.1) is 0 Å². The molecule has 0 bridgehead atoms. The largest absolute Gasteiger partial charge is 0.456 e. The Kier molecular flexibility index (Phi) is 5.25.